The summed E-state index contributed by atoms with van der Waals surface area (Å²) in [4.78, 5) is 29.6. The Hall–Kier alpha value is -1.43. The van der Waals surface area contributed by atoms with Gasteiger partial charge in [0.2, 0.25) is 5.91 Å². The summed E-state index contributed by atoms with van der Waals surface area (Å²) >= 11 is 1.45. The first-order valence-electron chi connectivity index (χ1n) is 6.42. The molecule has 0 aliphatic rings. The van der Waals surface area contributed by atoms with Gasteiger partial charge in [0.25, 0.3) is 0 Å². The van der Waals surface area contributed by atoms with E-state index in [-0.39, 0.29) is 12.3 Å². The zero-order valence-electron chi connectivity index (χ0n) is 11.6. The number of nitrogens with zero attached hydrogens (tertiary/aromatic N) is 2. The maximum Gasteiger partial charge on any atom is 0.303 e. The van der Waals surface area contributed by atoms with E-state index in [1.54, 1.807) is 4.90 Å². The molecule has 19 heavy (non-hydrogen) atoms. The molecule has 1 aromatic rings. The summed E-state index contributed by atoms with van der Waals surface area (Å²) in [6.07, 6.45) is 0.894. The molecule has 1 heterocycles. The zero-order chi connectivity index (χ0) is 14.4. The van der Waals surface area contributed by atoms with Crippen molar-refractivity contribution in [2.45, 2.75) is 40.0 Å². The van der Waals surface area contributed by atoms with Gasteiger partial charge in [0.15, 0.2) is 0 Å². The van der Waals surface area contributed by atoms with Gasteiger partial charge in [-0.2, -0.15) is 0 Å². The molecule has 0 aliphatic heterocycles. The number of thiazole rings is 1. The number of hydrogen-bond donors (Lipinski definition) is 1. The number of carbonyl (C=O) groups is 2. The maximum absolute atomic E-state index is 12.0. The number of hydrogen-bond acceptors (Lipinski definition) is 4. The Balaban J connectivity index is 2.67. The number of amides is 1. The molecule has 0 unspecified atom stereocenters. The highest BCUT2D eigenvalue weighted by molar-refractivity contribution is 7.11. The molecule has 0 saturated heterocycles. The van der Waals surface area contributed by atoms with Crippen LogP contribution in [0, 0.1) is 6.92 Å². The zero-order valence-corrected chi connectivity index (χ0v) is 12.4. The van der Waals surface area contributed by atoms with Crippen molar-refractivity contribution in [3.05, 3.63) is 15.6 Å². The second-order valence-corrected chi connectivity index (χ2v) is 5.42. The molecular formula is C13H20N2O3S. The van der Waals surface area contributed by atoms with Gasteiger partial charge in [-0.25, -0.2) is 4.98 Å². The Kier molecular flexibility index (Phi) is 5.95. The molecule has 0 bridgehead atoms. The van der Waals surface area contributed by atoms with Gasteiger partial charge in [-0.1, -0.05) is 0 Å². The summed E-state index contributed by atoms with van der Waals surface area (Å²) in [5.41, 5.74) is 0.841. The standard InChI is InChI=1S/C13H20N2O3S/c1-4-15(5-2)12(16)8-11-14-9(3)10(19-11)6-7-13(17)18/h4-8H2,1-3H3,(H,17,18). The molecule has 1 rings (SSSR count). The van der Waals surface area contributed by atoms with Gasteiger partial charge in [-0.3, -0.25) is 9.59 Å². The topological polar surface area (TPSA) is 70.5 Å². The lowest BCUT2D eigenvalue weighted by Gasteiger charge is -2.17. The lowest BCUT2D eigenvalue weighted by atomic mass is 10.2. The number of carboxylic acids is 1. The van der Waals surface area contributed by atoms with E-state index in [4.69, 9.17) is 5.11 Å². The Morgan fingerprint density at radius 3 is 2.47 bits per heavy atom. The first-order valence-corrected chi connectivity index (χ1v) is 7.24. The van der Waals surface area contributed by atoms with Gasteiger partial charge in [-0.05, 0) is 27.2 Å². The van der Waals surface area contributed by atoms with Crippen molar-refractivity contribution in [2.24, 2.45) is 0 Å². The average Bonchev–Trinajstić information content (AvgIpc) is 2.68. The third-order valence-electron chi connectivity index (χ3n) is 2.92. The molecule has 0 atom stereocenters. The highest BCUT2D eigenvalue weighted by atomic mass is 32.1. The minimum Gasteiger partial charge on any atom is -0.481 e. The molecule has 106 valence electrons. The summed E-state index contributed by atoms with van der Waals surface area (Å²) in [5, 5.41) is 9.45. The molecule has 0 radical (unpaired) electrons. The molecule has 0 fully saturated rings. The fourth-order valence-corrected chi connectivity index (χ4v) is 2.89. The van der Waals surface area contributed by atoms with Crippen LogP contribution in [0.2, 0.25) is 0 Å². The van der Waals surface area contributed by atoms with Crippen LogP contribution in [-0.4, -0.2) is 40.0 Å². The highest BCUT2D eigenvalue weighted by Crippen LogP contribution is 2.20. The van der Waals surface area contributed by atoms with Crippen LogP contribution in [-0.2, 0) is 22.4 Å². The third kappa shape index (κ3) is 4.63. The van der Waals surface area contributed by atoms with Crippen molar-refractivity contribution in [3.8, 4) is 0 Å². The Morgan fingerprint density at radius 2 is 1.95 bits per heavy atom. The van der Waals surface area contributed by atoms with E-state index in [0.29, 0.717) is 25.9 Å². The van der Waals surface area contributed by atoms with Crippen molar-refractivity contribution in [3.63, 3.8) is 0 Å². The Bertz CT molecular complexity index is 453. The fraction of sp³-hybridized carbons (Fsp3) is 0.615. The van der Waals surface area contributed by atoms with Crippen LogP contribution in [0.4, 0.5) is 0 Å². The van der Waals surface area contributed by atoms with Crippen LogP contribution in [0.5, 0.6) is 0 Å². The fourth-order valence-electron chi connectivity index (χ4n) is 1.83. The van der Waals surface area contributed by atoms with E-state index in [1.165, 1.54) is 11.3 Å². The summed E-state index contributed by atoms with van der Waals surface area (Å²) < 4.78 is 0. The molecule has 0 aromatic carbocycles. The van der Waals surface area contributed by atoms with E-state index in [2.05, 4.69) is 4.98 Å². The summed E-state index contributed by atoms with van der Waals surface area (Å²) in [5.74, 6) is -0.739. The highest BCUT2D eigenvalue weighted by Gasteiger charge is 2.15. The second-order valence-electron chi connectivity index (χ2n) is 4.25. The predicted octanol–water partition coefficient (Wildman–Crippen LogP) is 1.88. The second kappa shape index (κ2) is 7.23. The van der Waals surface area contributed by atoms with Crippen molar-refractivity contribution < 1.29 is 14.7 Å². The Labute approximate surface area is 117 Å². The first kappa shape index (κ1) is 15.6. The molecule has 0 spiro atoms. The van der Waals surface area contributed by atoms with Crippen molar-refractivity contribution in [1.82, 2.24) is 9.88 Å². The molecule has 0 saturated carbocycles. The van der Waals surface area contributed by atoms with Gasteiger partial charge >= 0.3 is 5.97 Å². The van der Waals surface area contributed by atoms with Gasteiger partial charge in [0.1, 0.15) is 5.01 Å². The SMILES string of the molecule is CCN(CC)C(=O)Cc1nc(C)c(CCC(=O)O)s1. The number of aryl methyl sites for hydroxylation is 2. The van der Waals surface area contributed by atoms with Crippen LogP contribution in [0.25, 0.3) is 0 Å². The van der Waals surface area contributed by atoms with E-state index in [9.17, 15) is 9.59 Å². The number of carboxylic acid groups (broad SMARTS) is 1. The predicted molar refractivity (Wildman–Crippen MR) is 74.4 cm³/mol. The van der Waals surface area contributed by atoms with Crippen molar-refractivity contribution >= 4 is 23.2 Å². The molecule has 1 amide bonds. The van der Waals surface area contributed by atoms with Crippen LogP contribution in [0.3, 0.4) is 0 Å². The van der Waals surface area contributed by atoms with E-state index >= 15 is 0 Å². The summed E-state index contributed by atoms with van der Waals surface area (Å²) in [6, 6.07) is 0. The average molecular weight is 284 g/mol. The quantitative estimate of drug-likeness (QED) is 0.830. The largest absolute Gasteiger partial charge is 0.481 e. The van der Waals surface area contributed by atoms with E-state index in [1.807, 2.05) is 20.8 Å². The minimum absolute atomic E-state index is 0.0727. The number of aliphatic carboxylic acids is 1. The van der Waals surface area contributed by atoms with Crippen LogP contribution in [0.15, 0.2) is 0 Å². The lowest BCUT2D eigenvalue weighted by Crippen LogP contribution is -2.31. The molecule has 6 heteroatoms. The smallest absolute Gasteiger partial charge is 0.303 e. The van der Waals surface area contributed by atoms with Gasteiger partial charge in [0.05, 0.1) is 18.5 Å². The summed E-state index contributed by atoms with van der Waals surface area (Å²) in [7, 11) is 0. The normalized spacial score (nSPS) is 10.5. The van der Waals surface area contributed by atoms with Crippen LogP contribution < -0.4 is 0 Å². The Morgan fingerprint density at radius 1 is 1.32 bits per heavy atom. The third-order valence-corrected chi connectivity index (χ3v) is 4.14. The number of likely N-dealkylation sites (N-methyl/N-ethyl adjacent to an activating group) is 1. The molecule has 1 aromatic heterocycles. The number of aromatic nitrogens is 1. The van der Waals surface area contributed by atoms with Crippen LogP contribution >= 0.6 is 11.3 Å². The molecule has 1 N–H and O–H groups in total. The van der Waals surface area contributed by atoms with Crippen molar-refractivity contribution in [1.29, 1.82) is 0 Å². The minimum atomic E-state index is -0.812. The van der Waals surface area contributed by atoms with Gasteiger partial charge in [0, 0.05) is 18.0 Å². The molecule has 5 nitrogen and oxygen atoms in total. The molecule has 0 aliphatic carbocycles. The molecular weight excluding hydrogens is 264 g/mol. The number of rotatable bonds is 7. The van der Waals surface area contributed by atoms with E-state index < -0.39 is 5.97 Å². The number of carbonyl (C=O) groups excluding carboxylic acids is 1. The van der Waals surface area contributed by atoms with Gasteiger partial charge in [-0.15, -0.1) is 11.3 Å². The van der Waals surface area contributed by atoms with Gasteiger partial charge < -0.3 is 10.0 Å². The first-order chi connectivity index (χ1) is 8.97. The summed E-state index contributed by atoms with van der Waals surface area (Å²) in [6.45, 7) is 7.16. The lowest BCUT2D eigenvalue weighted by molar-refractivity contribution is -0.137. The van der Waals surface area contributed by atoms with E-state index in [0.717, 1.165) is 15.6 Å². The van der Waals surface area contributed by atoms with Crippen molar-refractivity contribution in [2.75, 3.05) is 13.1 Å². The monoisotopic (exact) mass is 284 g/mol. The maximum atomic E-state index is 12.0. The van der Waals surface area contributed by atoms with Crippen LogP contribution in [0.1, 0.15) is 35.8 Å².